The fourth-order valence-electron chi connectivity index (χ4n) is 2.40. The summed E-state index contributed by atoms with van der Waals surface area (Å²) in [5.41, 5.74) is -2.75. The van der Waals surface area contributed by atoms with Gasteiger partial charge < -0.3 is 4.74 Å². The van der Waals surface area contributed by atoms with Crippen molar-refractivity contribution in [1.29, 1.82) is 0 Å². The van der Waals surface area contributed by atoms with Crippen LogP contribution in [-0.2, 0) is 10.3 Å². The molecule has 5 nitrogen and oxygen atoms in total. The molecule has 0 saturated carbocycles. The van der Waals surface area contributed by atoms with Crippen molar-refractivity contribution in [3.8, 4) is 0 Å². The van der Waals surface area contributed by atoms with Gasteiger partial charge in [-0.1, -0.05) is 0 Å². The molecule has 1 unspecified atom stereocenters. The molecular weight excluding hydrogens is 275 g/mol. The number of rotatable bonds is 1. The lowest BCUT2D eigenvalue weighted by Crippen LogP contribution is -2.52. The molecule has 2 aromatic rings. The molecule has 1 aliphatic rings. The standard InChI is InChI=1S/C12H10F3N3O2/c13-12(14,15)11(1-2-20-6-11)18-5-8-4-16-7-17-9(8)3-10(18)19/h3-5,7H,1-2,6H2. The second-order valence-corrected chi connectivity index (χ2v) is 4.68. The highest BCUT2D eigenvalue weighted by Gasteiger charge is 2.58. The normalized spacial score (nSPS) is 23.4. The van der Waals surface area contributed by atoms with Crippen molar-refractivity contribution >= 4 is 10.9 Å². The first-order valence-electron chi connectivity index (χ1n) is 5.91. The van der Waals surface area contributed by atoms with E-state index in [0.29, 0.717) is 15.5 Å². The third-order valence-electron chi connectivity index (χ3n) is 3.53. The zero-order valence-electron chi connectivity index (χ0n) is 10.2. The van der Waals surface area contributed by atoms with Crippen LogP contribution in [0.4, 0.5) is 13.2 Å². The molecule has 8 heteroatoms. The lowest BCUT2D eigenvalue weighted by Gasteiger charge is -2.32. The van der Waals surface area contributed by atoms with Crippen LogP contribution in [0.1, 0.15) is 6.42 Å². The largest absolute Gasteiger partial charge is 0.414 e. The molecule has 0 amide bonds. The molecule has 1 saturated heterocycles. The molecule has 3 rings (SSSR count). The second-order valence-electron chi connectivity index (χ2n) is 4.68. The Bertz CT molecular complexity index is 705. The van der Waals surface area contributed by atoms with Crippen LogP contribution in [0.25, 0.3) is 10.9 Å². The summed E-state index contributed by atoms with van der Waals surface area (Å²) in [7, 11) is 0. The fourth-order valence-corrected chi connectivity index (χ4v) is 2.40. The van der Waals surface area contributed by atoms with Crippen molar-refractivity contribution in [1.82, 2.24) is 14.5 Å². The van der Waals surface area contributed by atoms with Gasteiger partial charge in [0.15, 0.2) is 5.54 Å². The van der Waals surface area contributed by atoms with Gasteiger partial charge in [0.1, 0.15) is 6.33 Å². The van der Waals surface area contributed by atoms with E-state index in [-0.39, 0.29) is 13.0 Å². The topological polar surface area (TPSA) is 57.0 Å². The predicted octanol–water partition coefficient (Wildman–Crippen LogP) is 1.47. The van der Waals surface area contributed by atoms with Crippen LogP contribution >= 0.6 is 0 Å². The van der Waals surface area contributed by atoms with Gasteiger partial charge in [0.2, 0.25) is 0 Å². The number of fused-ring (bicyclic) bond motifs is 1. The number of nitrogens with zero attached hydrogens (tertiary/aromatic N) is 3. The summed E-state index contributed by atoms with van der Waals surface area (Å²) < 4.78 is 45.8. The van der Waals surface area contributed by atoms with Gasteiger partial charge in [-0.3, -0.25) is 9.36 Å². The molecule has 1 fully saturated rings. The van der Waals surface area contributed by atoms with Gasteiger partial charge in [-0.2, -0.15) is 13.2 Å². The Hall–Kier alpha value is -1.96. The average Bonchev–Trinajstić information content (AvgIpc) is 2.88. The maximum Gasteiger partial charge on any atom is 0.414 e. The van der Waals surface area contributed by atoms with Gasteiger partial charge in [0.25, 0.3) is 5.56 Å². The Kier molecular flexibility index (Phi) is 2.79. The third-order valence-corrected chi connectivity index (χ3v) is 3.53. The first-order valence-corrected chi connectivity index (χ1v) is 5.91. The van der Waals surface area contributed by atoms with Crippen LogP contribution < -0.4 is 5.56 Å². The number of alkyl halides is 3. The van der Waals surface area contributed by atoms with Crippen LogP contribution in [0.15, 0.2) is 29.6 Å². The van der Waals surface area contributed by atoms with Crippen molar-refractivity contribution in [3.05, 3.63) is 35.1 Å². The average molecular weight is 285 g/mol. The second kappa shape index (κ2) is 4.27. The van der Waals surface area contributed by atoms with E-state index in [4.69, 9.17) is 4.74 Å². The van der Waals surface area contributed by atoms with Gasteiger partial charge >= 0.3 is 6.18 Å². The Balaban J connectivity index is 2.27. The van der Waals surface area contributed by atoms with Gasteiger partial charge in [-0.15, -0.1) is 0 Å². The molecular formula is C12H10F3N3O2. The van der Waals surface area contributed by atoms with Crippen LogP contribution in [-0.4, -0.2) is 33.9 Å². The first kappa shape index (κ1) is 13.0. The lowest BCUT2D eigenvalue weighted by molar-refractivity contribution is -0.214. The van der Waals surface area contributed by atoms with E-state index >= 15 is 0 Å². The van der Waals surface area contributed by atoms with Crippen LogP contribution in [0.2, 0.25) is 0 Å². The quantitative estimate of drug-likeness (QED) is 0.796. The van der Waals surface area contributed by atoms with Crippen LogP contribution in [0.3, 0.4) is 0 Å². The minimum atomic E-state index is -4.57. The summed E-state index contributed by atoms with van der Waals surface area (Å²) in [6, 6.07) is 1.09. The van der Waals surface area contributed by atoms with E-state index in [1.54, 1.807) is 0 Å². The van der Waals surface area contributed by atoms with E-state index in [0.717, 1.165) is 12.3 Å². The van der Waals surface area contributed by atoms with E-state index < -0.39 is 23.9 Å². The molecule has 106 valence electrons. The van der Waals surface area contributed by atoms with Crippen LogP contribution in [0.5, 0.6) is 0 Å². The van der Waals surface area contributed by atoms with Crippen molar-refractivity contribution in [2.45, 2.75) is 18.1 Å². The smallest absolute Gasteiger partial charge is 0.379 e. The third kappa shape index (κ3) is 1.79. The molecule has 3 heterocycles. The maximum absolute atomic E-state index is 13.4. The van der Waals surface area contributed by atoms with Gasteiger partial charge in [0.05, 0.1) is 12.1 Å². The van der Waals surface area contributed by atoms with Gasteiger partial charge in [-0.05, 0) is 0 Å². The number of hydrogen-bond acceptors (Lipinski definition) is 4. The van der Waals surface area contributed by atoms with Gasteiger partial charge in [0, 0.05) is 36.9 Å². The minimum absolute atomic E-state index is 0.0325. The zero-order chi connectivity index (χ0) is 14.4. The maximum atomic E-state index is 13.4. The monoisotopic (exact) mass is 285 g/mol. The Morgan fingerprint density at radius 3 is 2.85 bits per heavy atom. The van der Waals surface area contributed by atoms with E-state index in [1.807, 2.05) is 0 Å². The molecule has 20 heavy (non-hydrogen) atoms. The SMILES string of the molecule is O=c1cc2ncncc2cn1C1(C(F)(F)F)CCOC1. The molecule has 0 N–H and O–H groups in total. The van der Waals surface area contributed by atoms with E-state index in [1.165, 1.54) is 12.5 Å². The molecule has 0 radical (unpaired) electrons. The lowest BCUT2D eigenvalue weighted by atomic mass is 9.97. The molecule has 0 bridgehead atoms. The van der Waals surface area contributed by atoms with E-state index in [9.17, 15) is 18.0 Å². The fraction of sp³-hybridized carbons (Fsp3) is 0.417. The first-order chi connectivity index (χ1) is 9.44. The summed E-state index contributed by atoms with van der Waals surface area (Å²) in [5, 5.41) is 0.377. The summed E-state index contributed by atoms with van der Waals surface area (Å²) in [4.78, 5) is 19.6. The summed E-state index contributed by atoms with van der Waals surface area (Å²) in [6.45, 7) is -0.592. The summed E-state index contributed by atoms with van der Waals surface area (Å²) >= 11 is 0. The number of hydrogen-bond donors (Lipinski definition) is 0. The number of aromatic nitrogens is 3. The van der Waals surface area contributed by atoms with Gasteiger partial charge in [-0.25, -0.2) is 9.97 Å². The van der Waals surface area contributed by atoms with Crippen molar-refractivity contribution in [3.63, 3.8) is 0 Å². The molecule has 0 aromatic carbocycles. The Labute approximate surface area is 111 Å². The highest BCUT2D eigenvalue weighted by molar-refractivity contribution is 5.75. The Morgan fingerprint density at radius 2 is 2.20 bits per heavy atom. The highest BCUT2D eigenvalue weighted by Crippen LogP contribution is 2.42. The number of pyridine rings is 1. The van der Waals surface area contributed by atoms with Crippen molar-refractivity contribution in [2.75, 3.05) is 13.2 Å². The number of ether oxygens (including phenoxy) is 1. The molecule has 2 aromatic heterocycles. The van der Waals surface area contributed by atoms with Crippen LogP contribution in [0, 0.1) is 0 Å². The Morgan fingerprint density at radius 1 is 1.40 bits per heavy atom. The molecule has 1 atom stereocenters. The summed E-state index contributed by atoms with van der Waals surface area (Å²) in [5.74, 6) is 0. The predicted molar refractivity (Wildman–Crippen MR) is 63.3 cm³/mol. The van der Waals surface area contributed by atoms with E-state index in [2.05, 4.69) is 9.97 Å². The molecule has 0 aliphatic carbocycles. The number of halogens is 3. The summed E-state index contributed by atoms with van der Waals surface area (Å²) in [6.07, 6.45) is -1.09. The highest BCUT2D eigenvalue weighted by atomic mass is 19.4. The molecule has 0 spiro atoms. The zero-order valence-corrected chi connectivity index (χ0v) is 10.2. The minimum Gasteiger partial charge on any atom is -0.379 e. The van der Waals surface area contributed by atoms with Crippen molar-refractivity contribution < 1.29 is 17.9 Å². The van der Waals surface area contributed by atoms with Crippen molar-refractivity contribution in [2.24, 2.45) is 0 Å². The molecule has 1 aliphatic heterocycles.